The van der Waals surface area contributed by atoms with Gasteiger partial charge in [-0.3, -0.25) is 9.59 Å². The zero-order valence-corrected chi connectivity index (χ0v) is 17.8. The van der Waals surface area contributed by atoms with Crippen molar-refractivity contribution in [1.29, 1.82) is 0 Å². The Morgan fingerprint density at radius 3 is 2.42 bits per heavy atom. The van der Waals surface area contributed by atoms with Crippen LogP contribution in [-0.2, 0) is 16.0 Å². The van der Waals surface area contributed by atoms with Crippen LogP contribution in [0.1, 0.15) is 42.9 Å². The number of rotatable bonds is 4. The van der Waals surface area contributed by atoms with Crippen molar-refractivity contribution in [2.45, 2.75) is 44.1 Å². The second-order valence-electron chi connectivity index (χ2n) is 8.82. The quantitative estimate of drug-likeness (QED) is 0.697. The standard InChI is InChI=1S/C26H29N3O2/c30-25(17-19-7-2-1-3-8-19)29-14-6-11-24(29)26(31)28-15-12-20(13-16-28)23-18-21-9-4-5-10-22(21)27-23/h1-5,7-10,18,20,24,27H,6,11-17H2. The number of fused-ring (bicyclic) bond motifs is 1. The van der Waals surface area contributed by atoms with E-state index in [1.807, 2.05) is 40.1 Å². The van der Waals surface area contributed by atoms with Gasteiger partial charge >= 0.3 is 0 Å². The van der Waals surface area contributed by atoms with Crippen LogP contribution in [0.2, 0.25) is 0 Å². The highest BCUT2D eigenvalue weighted by atomic mass is 16.2. The Bertz CT molecular complexity index is 1030. The van der Waals surface area contributed by atoms with Gasteiger partial charge in [0.2, 0.25) is 11.8 Å². The van der Waals surface area contributed by atoms with E-state index in [2.05, 4.69) is 35.3 Å². The van der Waals surface area contributed by atoms with Crippen molar-refractivity contribution in [3.05, 3.63) is 71.9 Å². The van der Waals surface area contributed by atoms with Gasteiger partial charge in [0.05, 0.1) is 6.42 Å². The minimum absolute atomic E-state index is 0.0648. The maximum Gasteiger partial charge on any atom is 0.245 e. The number of aromatic nitrogens is 1. The van der Waals surface area contributed by atoms with Crippen LogP contribution in [0.3, 0.4) is 0 Å². The van der Waals surface area contributed by atoms with Gasteiger partial charge in [-0.25, -0.2) is 0 Å². The van der Waals surface area contributed by atoms with E-state index in [4.69, 9.17) is 0 Å². The van der Waals surface area contributed by atoms with Crippen LogP contribution in [-0.4, -0.2) is 52.3 Å². The molecule has 2 aliphatic heterocycles. The molecule has 1 N–H and O–H groups in total. The molecule has 3 aromatic rings. The Balaban J connectivity index is 1.20. The molecular formula is C26H29N3O2. The van der Waals surface area contributed by atoms with Crippen molar-refractivity contribution in [2.75, 3.05) is 19.6 Å². The van der Waals surface area contributed by atoms with Crippen molar-refractivity contribution in [3.63, 3.8) is 0 Å². The molecule has 2 fully saturated rings. The fourth-order valence-corrected chi connectivity index (χ4v) is 5.13. The lowest BCUT2D eigenvalue weighted by Gasteiger charge is -2.35. The van der Waals surface area contributed by atoms with Crippen LogP contribution in [0, 0.1) is 0 Å². The van der Waals surface area contributed by atoms with Gasteiger partial charge in [-0.2, -0.15) is 0 Å². The normalized spacial score (nSPS) is 19.8. The number of likely N-dealkylation sites (tertiary alicyclic amines) is 2. The first-order chi connectivity index (χ1) is 15.2. The van der Waals surface area contributed by atoms with Crippen molar-refractivity contribution in [1.82, 2.24) is 14.8 Å². The van der Waals surface area contributed by atoms with Gasteiger partial charge in [0.25, 0.3) is 0 Å². The number of nitrogens with one attached hydrogen (secondary N) is 1. The molecule has 160 valence electrons. The minimum Gasteiger partial charge on any atom is -0.358 e. The number of nitrogens with zero attached hydrogens (tertiary/aromatic N) is 2. The molecule has 5 rings (SSSR count). The molecule has 5 nitrogen and oxygen atoms in total. The number of H-pyrrole nitrogens is 1. The summed E-state index contributed by atoms with van der Waals surface area (Å²) in [5.41, 5.74) is 3.45. The van der Waals surface area contributed by atoms with E-state index < -0.39 is 0 Å². The predicted octanol–water partition coefficient (Wildman–Crippen LogP) is 4.11. The van der Waals surface area contributed by atoms with Crippen molar-refractivity contribution in [2.24, 2.45) is 0 Å². The number of benzene rings is 2. The molecule has 0 radical (unpaired) electrons. The summed E-state index contributed by atoms with van der Waals surface area (Å²) in [4.78, 5) is 33.5. The second kappa shape index (κ2) is 8.58. The number of piperidine rings is 1. The molecule has 3 heterocycles. The Morgan fingerprint density at radius 1 is 0.903 bits per heavy atom. The minimum atomic E-state index is -0.291. The zero-order chi connectivity index (χ0) is 21.2. The smallest absolute Gasteiger partial charge is 0.245 e. The average molecular weight is 416 g/mol. The number of aromatic amines is 1. The lowest BCUT2D eigenvalue weighted by Crippen LogP contribution is -2.50. The number of hydrogen-bond acceptors (Lipinski definition) is 2. The van der Waals surface area contributed by atoms with Gasteiger partial charge in [0, 0.05) is 36.8 Å². The Kier molecular flexibility index (Phi) is 5.49. The van der Waals surface area contributed by atoms with Gasteiger partial charge in [0.1, 0.15) is 6.04 Å². The number of hydrogen-bond donors (Lipinski definition) is 1. The summed E-state index contributed by atoms with van der Waals surface area (Å²) in [5, 5.41) is 1.24. The van der Waals surface area contributed by atoms with E-state index in [0.29, 0.717) is 18.9 Å². The van der Waals surface area contributed by atoms with Gasteiger partial charge in [-0.15, -0.1) is 0 Å². The summed E-state index contributed by atoms with van der Waals surface area (Å²) in [6.07, 6.45) is 3.98. The highest BCUT2D eigenvalue weighted by Crippen LogP contribution is 2.31. The SMILES string of the molecule is O=C(C1CCCN1C(=O)Cc1ccccc1)N1CCC(c2cc3ccccc3[nH]2)CC1. The molecule has 2 amide bonds. The van der Waals surface area contributed by atoms with Gasteiger partial charge < -0.3 is 14.8 Å². The highest BCUT2D eigenvalue weighted by Gasteiger charge is 2.37. The fraction of sp³-hybridized carbons (Fsp3) is 0.385. The first kappa shape index (κ1) is 19.9. The van der Waals surface area contributed by atoms with Gasteiger partial charge in [-0.05, 0) is 48.8 Å². The highest BCUT2D eigenvalue weighted by molar-refractivity contribution is 5.89. The topological polar surface area (TPSA) is 56.4 Å². The van der Waals surface area contributed by atoms with Gasteiger partial charge in [-0.1, -0.05) is 48.5 Å². The molecule has 1 unspecified atom stereocenters. The molecule has 1 aromatic heterocycles. The molecule has 31 heavy (non-hydrogen) atoms. The van der Waals surface area contributed by atoms with Crippen LogP contribution < -0.4 is 0 Å². The molecule has 2 aliphatic rings. The Hall–Kier alpha value is -3.08. The van der Waals surface area contributed by atoms with E-state index in [-0.39, 0.29) is 17.9 Å². The van der Waals surface area contributed by atoms with Crippen LogP contribution in [0.5, 0.6) is 0 Å². The summed E-state index contributed by atoms with van der Waals surface area (Å²) >= 11 is 0. The van der Waals surface area contributed by atoms with E-state index in [1.54, 1.807) is 0 Å². The number of carbonyl (C=O) groups excluding carboxylic acids is 2. The van der Waals surface area contributed by atoms with E-state index in [9.17, 15) is 9.59 Å². The molecule has 0 bridgehead atoms. The van der Waals surface area contributed by atoms with Gasteiger partial charge in [0.15, 0.2) is 0 Å². The van der Waals surface area contributed by atoms with E-state index in [0.717, 1.165) is 44.3 Å². The first-order valence-electron chi connectivity index (χ1n) is 11.4. The van der Waals surface area contributed by atoms with Crippen LogP contribution in [0.15, 0.2) is 60.7 Å². The van der Waals surface area contributed by atoms with Crippen LogP contribution in [0.4, 0.5) is 0 Å². The Labute approximate surface area is 183 Å². The lowest BCUT2D eigenvalue weighted by molar-refractivity contribution is -0.144. The summed E-state index contributed by atoms with van der Waals surface area (Å²) in [6.45, 7) is 2.21. The third-order valence-electron chi connectivity index (χ3n) is 6.85. The summed E-state index contributed by atoms with van der Waals surface area (Å²) in [6, 6.07) is 20.1. The molecule has 0 saturated carbocycles. The number of carbonyl (C=O) groups is 2. The second-order valence-corrected chi connectivity index (χ2v) is 8.82. The summed E-state index contributed by atoms with van der Waals surface area (Å²) < 4.78 is 0. The fourth-order valence-electron chi connectivity index (χ4n) is 5.13. The molecule has 0 spiro atoms. The lowest BCUT2D eigenvalue weighted by atomic mass is 9.93. The molecule has 2 saturated heterocycles. The third kappa shape index (κ3) is 4.09. The van der Waals surface area contributed by atoms with Crippen LogP contribution in [0.25, 0.3) is 10.9 Å². The average Bonchev–Trinajstić information content (AvgIpc) is 3.47. The Morgan fingerprint density at radius 2 is 1.65 bits per heavy atom. The molecular weight excluding hydrogens is 386 g/mol. The summed E-state index contributed by atoms with van der Waals surface area (Å²) in [5.74, 6) is 0.653. The largest absolute Gasteiger partial charge is 0.358 e. The molecule has 0 aliphatic carbocycles. The maximum absolute atomic E-state index is 13.3. The van der Waals surface area contributed by atoms with E-state index in [1.165, 1.54) is 16.6 Å². The number of para-hydroxylation sites is 1. The monoisotopic (exact) mass is 415 g/mol. The van der Waals surface area contributed by atoms with Crippen molar-refractivity contribution in [3.8, 4) is 0 Å². The first-order valence-corrected chi connectivity index (χ1v) is 11.4. The molecule has 5 heteroatoms. The van der Waals surface area contributed by atoms with Crippen molar-refractivity contribution < 1.29 is 9.59 Å². The maximum atomic E-state index is 13.3. The predicted molar refractivity (Wildman–Crippen MR) is 122 cm³/mol. The zero-order valence-electron chi connectivity index (χ0n) is 17.8. The van der Waals surface area contributed by atoms with E-state index >= 15 is 0 Å². The molecule has 2 aromatic carbocycles. The summed E-state index contributed by atoms with van der Waals surface area (Å²) in [7, 11) is 0. The number of amides is 2. The molecule has 1 atom stereocenters. The van der Waals surface area contributed by atoms with Crippen molar-refractivity contribution >= 4 is 22.7 Å². The third-order valence-corrected chi connectivity index (χ3v) is 6.85. The van der Waals surface area contributed by atoms with Crippen LogP contribution >= 0.6 is 0 Å².